The SMILES string of the molecule is CC(OCS)C(CCO)c1ccccc1. The van der Waals surface area contributed by atoms with E-state index in [1.54, 1.807) is 0 Å². The summed E-state index contributed by atoms with van der Waals surface area (Å²) in [6.45, 7) is 2.20. The molecule has 15 heavy (non-hydrogen) atoms. The molecule has 1 N–H and O–H groups in total. The smallest absolute Gasteiger partial charge is 0.0896 e. The summed E-state index contributed by atoms with van der Waals surface area (Å²) in [6.07, 6.45) is 0.802. The molecule has 0 amide bonds. The fraction of sp³-hybridized carbons (Fsp3) is 0.500. The van der Waals surface area contributed by atoms with Crippen LogP contribution in [0.4, 0.5) is 0 Å². The van der Waals surface area contributed by atoms with Crippen molar-refractivity contribution < 1.29 is 9.84 Å². The van der Waals surface area contributed by atoms with Crippen LogP contribution in [0.25, 0.3) is 0 Å². The highest BCUT2D eigenvalue weighted by atomic mass is 32.1. The van der Waals surface area contributed by atoms with Crippen molar-refractivity contribution in [3.05, 3.63) is 35.9 Å². The highest BCUT2D eigenvalue weighted by Gasteiger charge is 2.18. The van der Waals surface area contributed by atoms with E-state index in [4.69, 9.17) is 9.84 Å². The summed E-state index contributed by atoms with van der Waals surface area (Å²) in [6, 6.07) is 10.1. The van der Waals surface area contributed by atoms with Gasteiger partial charge in [-0.3, -0.25) is 0 Å². The minimum Gasteiger partial charge on any atom is -0.396 e. The molecule has 2 unspecified atom stereocenters. The van der Waals surface area contributed by atoms with Crippen molar-refractivity contribution in [2.24, 2.45) is 0 Å². The highest BCUT2D eigenvalue weighted by molar-refractivity contribution is 7.80. The molecule has 2 nitrogen and oxygen atoms in total. The van der Waals surface area contributed by atoms with Crippen LogP contribution in [0.1, 0.15) is 24.8 Å². The van der Waals surface area contributed by atoms with Gasteiger partial charge in [0.25, 0.3) is 0 Å². The Kier molecular flexibility index (Phi) is 5.76. The molecule has 1 aromatic carbocycles. The second kappa shape index (κ2) is 6.88. The number of hydrogen-bond acceptors (Lipinski definition) is 3. The molecule has 0 aliphatic rings. The Morgan fingerprint density at radius 1 is 1.33 bits per heavy atom. The number of hydrogen-bond donors (Lipinski definition) is 2. The minimum absolute atomic E-state index is 0.0806. The molecule has 0 spiro atoms. The van der Waals surface area contributed by atoms with Crippen LogP contribution in [0.5, 0.6) is 0 Å². The van der Waals surface area contributed by atoms with Crippen molar-refractivity contribution in [3.63, 3.8) is 0 Å². The molecule has 3 heteroatoms. The molecule has 0 radical (unpaired) electrons. The van der Waals surface area contributed by atoms with E-state index in [9.17, 15) is 0 Å². The van der Waals surface area contributed by atoms with Crippen molar-refractivity contribution in [1.82, 2.24) is 0 Å². The third-order valence-corrected chi connectivity index (χ3v) is 2.72. The van der Waals surface area contributed by atoms with Crippen molar-refractivity contribution in [1.29, 1.82) is 0 Å². The minimum atomic E-state index is 0.0806. The Bertz CT molecular complexity index is 264. The standard InChI is InChI=1S/C12H18O2S/c1-10(14-9-15)12(7-8-13)11-5-3-2-4-6-11/h2-6,10,12-13,15H,7-9H2,1H3. The van der Waals surface area contributed by atoms with E-state index < -0.39 is 0 Å². The second-order valence-corrected chi connectivity index (χ2v) is 3.79. The molecule has 84 valence electrons. The lowest BCUT2D eigenvalue weighted by molar-refractivity contribution is 0.0738. The second-order valence-electron chi connectivity index (χ2n) is 3.53. The lowest BCUT2D eigenvalue weighted by Gasteiger charge is -2.23. The third kappa shape index (κ3) is 3.86. The topological polar surface area (TPSA) is 29.5 Å². The van der Waals surface area contributed by atoms with Gasteiger partial charge in [-0.05, 0) is 18.9 Å². The van der Waals surface area contributed by atoms with Crippen LogP contribution in [0.2, 0.25) is 0 Å². The van der Waals surface area contributed by atoms with Crippen molar-refractivity contribution in [2.75, 3.05) is 12.5 Å². The maximum absolute atomic E-state index is 9.04. The van der Waals surface area contributed by atoms with Gasteiger partial charge in [-0.1, -0.05) is 30.3 Å². The molecular weight excluding hydrogens is 208 g/mol. The Balaban J connectivity index is 2.73. The Labute approximate surface area is 96.7 Å². The molecule has 1 aromatic rings. The average Bonchev–Trinajstić information content (AvgIpc) is 2.27. The largest absolute Gasteiger partial charge is 0.396 e. The fourth-order valence-corrected chi connectivity index (χ4v) is 1.98. The summed E-state index contributed by atoms with van der Waals surface area (Å²) >= 11 is 4.05. The average molecular weight is 226 g/mol. The van der Waals surface area contributed by atoms with Crippen LogP contribution in [0.3, 0.4) is 0 Å². The van der Waals surface area contributed by atoms with E-state index >= 15 is 0 Å². The van der Waals surface area contributed by atoms with E-state index in [0.717, 1.165) is 6.42 Å². The highest BCUT2D eigenvalue weighted by Crippen LogP contribution is 2.25. The van der Waals surface area contributed by atoms with Gasteiger partial charge >= 0.3 is 0 Å². The predicted molar refractivity (Wildman–Crippen MR) is 65.3 cm³/mol. The summed E-state index contributed by atoms with van der Waals surface area (Å²) in [5.41, 5.74) is 1.21. The number of aliphatic hydroxyl groups excluding tert-OH is 1. The van der Waals surface area contributed by atoms with Gasteiger partial charge in [0.1, 0.15) is 0 Å². The Morgan fingerprint density at radius 3 is 2.53 bits per heavy atom. The van der Waals surface area contributed by atoms with Crippen LogP contribution >= 0.6 is 12.6 Å². The summed E-state index contributed by atoms with van der Waals surface area (Å²) in [5.74, 6) is 0.652. The number of aliphatic hydroxyl groups is 1. The van der Waals surface area contributed by atoms with Gasteiger partial charge in [0.05, 0.1) is 12.0 Å². The molecule has 0 aliphatic heterocycles. The fourth-order valence-electron chi connectivity index (χ4n) is 1.75. The number of ether oxygens (including phenoxy) is 1. The van der Waals surface area contributed by atoms with Crippen LogP contribution < -0.4 is 0 Å². The molecule has 0 saturated carbocycles. The Hall–Kier alpha value is -0.510. The summed E-state index contributed by atoms with van der Waals surface area (Å²) in [4.78, 5) is 0. The van der Waals surface area contributed by atoms with E-state index in [0.29, 0.717) is 5.94 Å². The molecule has 0 heterocycles. The maximum Gasteiger partial charge on any atom is 0.0896 e. The first-order valence-corrected chi connectivity index (χ1v) is 5.81. The zero-order chi connectivity index (χ0) is 11.1. The molecule has 0 aromatic heterocycles. The molecule has 1 rings (SSSR count). The molecular formula is C12H18O2S. The molecule has 0 saturated heterocycles. The van der Waals surface area contributed by atoms with Gasteiger partial charge < -0.3 is 9.84 Å². The third-order valence-electron chi connectivity index (χ3n) is 2.57. The van der Waals surface area contributed by atoms with Crippen LogP contribution in [0.15, 0.2) is 30.3 Å². The van der Waals surface area contributed by atoms with Crippen LogP contribution in [-0.2, 0) is 4.74 Å². The van der Waals surface area contributed by atoms with Crippen molar-refractivity contribution in [3.8, 4) is 0 Å². The molecule has 0 fully saturated rings. The number of benzene rings is 1. The van der Waals surface area contributed by atoms with Crippen LogP contribution in [0, 0.1) is 0 Å². The first-order chi connectivity index (χ1) is 7.29. The first-order valence-electron chi connectivity index (χ1n) is 5.18. The summed E-state index contributed by atoms with van der Waals surface area (Å²) in [5, 5.41) is 9.04. The van der Waals surface area contributed by atoms with Gasteiger partial charge in [-0.2, -0.15) is 12.6 Å². The van der Waals surface area contributed by atoms with Gasteiger partial charge in [-0.15, -0.1) is 0 Å². The Morgan fingerprint density at radius 2 is 2.00 bits per heavy atom. The first kappa shape index (κ1) is 12.6. The maximum atomic E-state index is 9.04. The van der Waals surface area contributed by atoms with Gasteiger partial charge in [0, 0.05) is 12.5 Å². The normalized spacial score (nSPS) is 14.9. The lowest BCUT2D eigenvalue weighted by atomic mass is 9.91. The lowest BCUT2D eigenvalue weighted by Crippen LogP contribution is -2.19. The quantitative estimate of drug-likeness (QED) is 0.576. The zero-order valence-corrected chi connectivity index (χ0v) is 9.86. The molecule has 0 bridgehead atoms. The summed E-state index contributed by atoms with van der Waals surface area (Å²) < 4.78 is 5.46. The molecule has 0 aliphatic carbocycles. The molecule has 2 atom stereocenters. The van der Waals surface area contributed by atoms with Crippen LogP contribution in [-0.4, -0.2) is 23.8 Å². The zero-order valence-electron chi connectivity index (χ0n) is 8.97. The van der Waals surface area contributed by atoms with E-state index in [2.05, 4.69) is 24.8 Å². The van der Waals surface area contributed by atoms with E-state index in [-0.39, 0.29) is 18.6 Å². The monoisotopic (exact) mass is 226 g/mol. The van der Waals surface area contributed by atoms with E-state index in [1.165, 1.54) is 5.56 Å². The number of rotatable bonds is 6. The van der Waals surface area contributed by atoms with Gasteiger partial charge in [0.2, 0.25) is 0 Å². The van der Waals surface area contributed by atoms with Gasteiger partial charge in [-0.25, -0.2) is 0 Å². The van der Waals surface area contributed by atoms with Crippen molar-refractivity contribution in [2.45, 2.75) is 25.4 Å². The van der Waals surface area contributed by atoms with Gasteiger partial charge in [0.15, 0.2) is 0 Å². The van der Waals surface area contributed by atoms with E-state index in [1.807, 2.05) is 25.1 Å². The van der Waals surface area contributed by atoms with Crippen molar-refractivity contribution >= 4 is 12.6 Å². The summed E-state index contributed by atoms with van der Waals surface area (Å²) in [7, 11) is 0. The predicted octanol–water partition coefficient (Wildman–Crippen LogP) is 2.45. The number of thiol groups is 1.